The Morgan fingerprint density at radius 3 is 2.78 bits per heavy atom. The third kappa shape index (κ3) is 2.87. The van der Waals surface area contributed by atoms with Gasteiger partial charge in [0.15, 0.2) is 5.69 Å². The Morgan fingerprint density at radius 1 is 1.26 bits per heavy atom. The average Bonchev–Trinajstić information content (AvgIpc) is 3.05. The predicted octanol–water partition coefficient (Wildman–Crippen LogP) is 2.41. The summed E-state index contributed by atoms with van der Waals surface area (Å²) in [5.41, 5.74) is 1.53. The van der Waals surface area contributed by atoms with Crippen LogP contribution < -0.4 is 0 Å². The highest BCUT2D eigenvalue weighted by molar-refractivity contribution is 7.89. The summed E-state index contributed by atoms with van der Waals surface area (Å²) in [7, 11) is -3.63. The lowest BCUT2D eigenvalue weighted by molar-refractivity contribution is 0.0628. The molecule has 3 heterocycles. The molecular formula is C19H24N4O3S. The van der Waals surface area contributed by atoms with Crippen LogP contribution in [0.15, 0.2) is 35.5 Å². The quantitative estimate of drug-likeness (QED) is 0.792. The van der Waals surface area contributed by atoms with E-state index in [1.807, 2.05) is 4.90 Å². The van der Waals surface area contributed by atoms with Crippen LogP contribution in [0.4, 0.5) is 0 Å². The van der Waals surface area contributed by atoms with Crippen molar-refractivity contribution in [2.24, 2.45) is 0 Å². The summed E-state index contributed by atoms with van der Waals surface area (Å²) < 4.78 is 29.3. The molecule has 1 aromatic heterocycles. The van der Waals surface area contributed by atoms with E-state index in [1.54, 1.807) is 42.1 Å². The van der Waals surface area contributed by atoms with Crippen molar-refractivity contribution >= 4 is 15.9 Å². The molecule has 1 amide bonds. The first kappa shape index (κ1) is 18.2. The minimum absolute atomic E-state index is 0.108. The number of carbonyl (C=O) groups is 1. The SMILES string of the molecule is CCN1Cc2c(C(=O)N3CCCCC3C)ncn2-c2ccccc2S1(=O)=O. The van der Waals surface area contributed by atoms with E-state index in [1.165, 1.54) is 4.31 Å². The Bertz CT molecular complexity index is 983. The van der Waals surface area contributed by atoms with E-state index in [0.29, 0.717) is 23.6 Å². The molecule has 2 aliphatic rings. The molecule has 1 aromatic carbocycles. The number of para-hydroxylation sites is 1. The van der Waals surface area contributed by atoms with Crippen LogP contribution in [0, 0.1) is 0 Å². The van der Waals surface area contributed by atoms with Crippen molar-refractivity contribution in [3.63, 3.8) is 0 Å². The number of aromatic nitrogens is 2. The van der Waals surface area contributed by atoms with Gasteiger partial charge in [-0.05, 0) is 38.3 Å². The summed E-state index contributed by atoms with van der Waals surface area (Å²) in [6.07, 6.45) is 4.68. The number of hydrogen-bond acceptors (Lipinski definition) is 4. The van der Waals surface area contributed by atoms with Crippen molar-refractivity contribution in [3.8, 4) is 5.69 Å². The average molecular weight is 388 g/mol. The second-order valence-electron chi connectivity index (χ2n) is 7.15. The molecule has 1 fully saturated rings. The van der Waals surface area contributed by atoms with E-state index in [0.717, 1.165) is 25.8 Å². The zero-order chi connectivity index (χ0) is 19.2. The van der Waals surface area contributed by atoms with Gasteiger partial charge in [0.1, 0.15) is 11.2 Å². The highest BCUT2D eigenvalue weighted by Gasteiger charge is 2.35. The molecule has 4 rings (SSSR count). The fourth-order valence-corrected chi connectivity index (χ4v) is 5.59. The van der Waals surface area contributed by atoms with Crippen LogP contribution in [0.2, 0.25) is 0 Å². The summed E-state index contributed by atoms with van der Waals surface area (Å²) in [4.78, 5) is 19.7. The van der Waals surface area contributed by atoms with Crippen LogP contribution in [0.3, 0.4) is 0 Å². The summed E-state index contributed by atoms with van der Waals surface area (Å²) >= 11 is 0. The Morgan fingerprint density at radius 2 is 2.04 bits per heavy atom. The second-order valence-corrected chi connectivity index (χ2v) is 9.06. The normalized spacial score (nSPS) is 22.0. The standard InChI is InChI=1S/C19H24N4O3S/c1-3-21-12-16-18(19(24)22-11-7-6-8-14(22)2)20-13-23(16)15-9-4-5-10-17(15)27(21,25)26/h4-5,9-10,13-14H,3,6-8,11-12H2,1-2H3. The molecule has 2 aliphatic heterocycles. The first-order valence-corrected chi connectivity index (χ1v) is 10.9. The number of rotatable bonds is 2. The van der Waals surface area contributed by atoms with Crippen molar-refractivity contribution in [2.45, 2.75) is 50.6 Å². The molecular weight excluding hydrogens is 364 g/mol. The molecule has 0 bridgehead atoms. The van der Waals surface area contributed by atoms with Gasteiger partial charge in [0.25, 0.3) is 5.91 Å². The molecule has 0 N–H and O–H groups in total. The molecule has 0 radical (unpaired) electrons. The second kappa shape index (κ2) is 6.76. The first-order valence-electron chi connectivity index (χ1n) is 9.42. The van der Waals surface area contributed by atoms with Crippen LogP contribution in [0.5, 0.6) is 0 Å². The fourth-order valence-electron chi connectivity index (χ4n) is 3.99. The van der Waals surface area contributed by atoms with Crippen molar-refractivity contribution in [2.75, 3.05) is 13.1 Å². The molecule has 27 heavy (non-hydrogen) atoms. The molecule has 1 unspecified atom stereocenters. The number of hydrogen-bond donors (Lipinski definition) is 0. The van der Waals surface area contributed by atoms with Gasteiger partial charge in [-0.25, -0.2) is 13.4 Å². The summed E-state index contributed by atoms with van der Waals surface area (Å²) in [5.74, 6) is -0.108. The van der Waals surface area contributed by atoms with Crippen molar-refractivity contribution < 1.29 is 13.2 Å². The lowest BCUT2D eigenvalue weighted by Gasteiger charge is -2.33. The Kier molecular flexibility index (Phi) is 4.55. The van der Waals surface area contributed by atoms with Gasteiger partial charge in [-0.2, -0.15) is 4.31 Å². The fraction of sp³-hybridized carbons (Fsp3) is 0.474. The number of amides is 1. The number of sulfonamides is 1. The van der Waals surface area contributed by atoms with Crippen LogP contribution in [-0.4, -0.2) is 52.2 Å². The number of nitrogens with zero attached hydrogens (tertiary/aromatic N) is 4. The largest absolute Gasteiger partial charge is 0.335 e. The highest BCUT2D eigenvalue weighted by Crippen LogP contribution is 2.31. The lowest BCUT2D eigenvalue weighted by Crippen LogP contribution is -2.42. The van der Waals surface area contributed by atoms with E-state index in [4.69, 9.17) is 0 Å². The maximum absolute atomic E-state index is 13.2. The van der Waals surface area contributed by atoms with Crippen molar-refractivity contribution in [3.05, 3.63) is 42.0 Å². The molecule has 1 atom stereocenters. The number of imidazole rings is 1. The monoisotopic (exact) mass is 388 g/mol. The van der Waals surface area contributed by atoms with Crippen molar-refractivity contribution in [1.29, 1.82) is 0 Å². The van der Waals surface area contributed by atoms with Crippen LogP contribution >= 0.6 is 0 Å². The number of carbonyl (C=O) groups excluding carboxylic acids is 1. The summed E-state index contributed by atoms with van der Waals surface area (Å²) in [5, 5.41) is 0. The zero-order valence-electron chi connectivity index (χ0n) is 15.6. The number of likely N-dealkylation sites (tertiary alicyclic amines) is 1. The van der Waals surface area contributed by atoms with Gasteiger partial charge in [-0.15, -0.1) is 0 Å². The van der Waals surface area contributed by atoms with E-state index in [2.05, 4.69) is 11.9 Å². The molecule has 144 valence electrons. The topological polar surface area (TPSA) is 75.5 Å². The minimum atomic E-state index is -3.63. The predicted molar refractivity (Wildman–Crippen MR) is 101 cm³/mol. The van der Waals surface area contributed by atoms with E-state index < -0.39 is 10.0 Å². The van der Waals surface area contributed by atoms with Gasteiger partial charge in [-0.3, -0.25) is 9.36 Å². The maximum atomic E-state index is 13.2. The van der Waals surface area contributed by atoms with Gasteiger partial charge in [0, 0.05) is 19.1 Å². The molecule has 8 heteroatoms. The number of fused-ring (bicyclic) bond motifs is 3. The number of benzene rings is 1. The molecule has 0 saturated carbocycles. The highest BCUT2D eigenvalue weighted by atomic mass is 32.2. The smallest absolute Gasteiger partial charge is 0.274 e. The van der Waals surface area contributed by atoms with Crippen LogP contribution in [-0.2, 0) is 16.6 Å². The minimum Gasteiger partial charge on any atom is -0.335 e. The third-order valence-electron chi connectivity index (χ3n) is 5.55. The number of piperidine rings is 1. The molecule has 0 spiro atoms. The summed E-state index contributed by atoms with van der Waals surface area (Å²) in [6, 6.07) is 7.06. The first-order chi connectivity index (χ1) is 12.9. The van der Waals surface area contributed by atoms with Gasteiger partial charge >= 0.3 is 0 Å². The molecule has 0 aliphatic carbocycles. The Balaban J connectivity index is 1.85. The van der Waals surface area contributed by atoms with Crippen LogP contribution in [0.25, 0.3) is 5.69 Å². The van der Waals surface area contributed by atoms with Gasteiger partial charge in [-0.1, -0.05) is 19.1 Å². The summed E-state index contributed by atoms with van der Waals surface area (Å²) in [6.45, 7) is 5.05. The van der Waals surface area contributed by atoms with E-state index in [9.17, 15) is 13.2 Å². The lowest BCUT2D eigenvalue weighted by atomic mass is 10.0. The molecule has 2 aromatic rings. The Hall–Kier alpha value is -2.19. The maximum Gasteiger partial charge on any atom is 0.274 e. The van der Waals surface area contributed by atoms with E-state index in [-0.39, 0.29) is 23.4 Å². The molecule has 1 saturated heterocycles. The van der Waals surface area contributed by atoms with Gasteiger partial charge < -0.3 is 4.90 Å². The molecule has 7 nitrogen and oxygen atoms in total. The van der Waals surface area contributed by atoms with Crippen molar-refractivity contribution in [1.82, 2.24) is 18.8 Å². The third-order valence-corrected chi connectivity index (χ3v) is 7.52. The van der Waals surface area contributed by atoms with Crippen LogP contribution in [0.1, 0.15) is 49.3 Å². The van der Waals surface area contributed by atoms with Gasteiger partial charge in [0.2, 0.25) is 10.0 Å². The van der Waals surface area contributed by atoms with Gasteiger partial charge in [0.05, 0.1) is 17.9 Å². The zero-order valence-corrected chi connectivity index (χ0v) is 16.4. The Labute approximate surface area is 159 Å². The van der Waals surface area contributed by atoms with E-state index >= 15 is 0 Å².